The highest BCUT2D eigenvalue weighted by Gasteiger charge is 2.47. The van der Waals surface area contributed by atoms with E-state index in [-0.39, 0.29) is 16.7 Å². The van der Waals surface area contributed by atoms with Crippen LogP contribution >= 0.6 is 11.6 Å². The van der Waals surface area contributed by atoms with Crippen molar-refractivity contribution in [1.29, 1.82) is 0 Å². The van der Waals surface area contributed by atoms with Gasteiger partial charge in [-0.3, -0.25) is 14.5 Å². The maximum absolute atomic E-state index is 13.3. The summed E-state index contributed by atoms with van der Waals surface area (Å²) in [6.45, 7) is 8.22. The number of nitrogens with zero attached hydrogens (tertiary/aromatic N) is 1. The summed E-state index contributed by atoms with van der Waals surface area (Å²) in [7, 11) is 0. The molecular formula is C28H26ClNO3. The average molecular weight is 460 g/mol. The van der Waals surface area contributed by atoms with Crippen molar-refractivity contribution in [2.24, 2.45) is 0 Å². The van der Waals surface area contributed by atoms with Crippen LogP contribution in [0.1, 0.15) is 49.1 Å². The molecule has 0 saturated carbocycles. The lowest BCUT2D eigenvalue weighted by atomic mass is 9.85. The molecule has 1 heterocycles. The second kappa shape index (κ2) is 8.53. The SMILES string of the molecule is Cc1cc(Cl)ccc1N1C(=O)C(=O)/C(=C(/O)c2ccccc2)C1c1ccc(C(C)(C)C)cc1. The number of aliphatic hydroxyl groups is 1. The van der Waals surface area contributed by atoms with Crippen molar-refractivity contribution < 1.29 is 14.7 Å². The first-order valence-corrected chi connectivity index (χ1v) is 11.2. The van der Waals surface area contributed by atoms with Gasteiger partial charge >= 0.3 is 0 Å². The standard InChI is InChI=1S/C28H26ClNO3/c1-17-16-21(29)14-15-22(17)30-24(18-10-12-20(13-11-18)28(2,3)4)23(26(32)27(30)33)25(31)19-8-6-5-7-9-19/h5-16,24,31H,1-4H3/b25-23+. The molecule has 1 aliphatic heterocycles. The first-order valence-electron chi connectivity index (χ1n) is 10.8. The number of aryl methyl sites for hydroxylation is 1. The minimum Gasteiger partial charge on any atom is -0.507 e. The normalized spacial score (nSPS) is 18.1. The van der Waals surface area contributed by atoms with E-state index in [1.807, 2.05) is 37.3 Å². The summed E-state index contributed by atoms with van der Waals surface area (Å²) in [5.41, 5.74) is 3.74. The van der Waals surface area contributed by atoms with Gasteiger partial charge in [-0.15, -0.1) is 0 Å². The number of ketones is 1. The fraction of sp³-hybridized carbons (Fsp3) is 0.214. The van der Waals surface area contributed by atoms with Gasteiger partial charge in [0.25, 0.3) is 11.7 Å². The number of aliphatic hydroxyl groups excluding tert-OH is 1. The molecule has 5 heteroatoms. The third-order valence-electron chi connectivity index (χ3n) is 6.00. The van der Waals surface area contributed by atoms with Crippen LogP contribution in [0.3, 0.4) is 0 Å². The molecule has 1 atom stereocenters. The maximum Gasteiger partial charge on any atom is 0.300 e. The molecule has 3 aromatic rings. The molecule has 1 fully saturated rings. The molecule has 1 aliphatic rings. The molecule has 33 heavy (non-hydrogen) atoms. The Kier molecular flexibility index (Phi) is 5.89. The average Bonchev–Trinajstić information content (AvgIpc) is 3.04. The second-order valence-corrected chi connectivity index (χ2v) is 9.77. The Bertz CT molecular complexity index is 1250. The number of amides is 1. The molecule has 0 bridgehead atoms. The summed E-state index contributed by atoms with van der Waals surface area (Å²) in [6, 6.07) is 21.1. The zero-order valence-corrected chi connectivity index (χ0v) is 19.9. The van der Waals surface area contributed by atoms with E-state index in [9.17, 15) is 14.7 Å². The molecule has 0 aliphatic carbocycles. The highest BCUT2D eigenvalue weighted by molar-refractivity contribution is 6.51. The number of carbonyl (C=O) groups is 2. The minimum atomic E-state index is -0.765. The summed E-state index contributed by atoms with van der Waals surface area (Å²) >= 11 is 6.14. The minimum absolute atomic E-state index is 0.0445. The fourth-order valence-electron chi connectivity index (χ4n) is 4.20. The molecule has 1 saturated heterocycles. The summed E-state index contributed by atoms with van der Waals surface area (Å²) in [4.78, 5) is 28.0. The van der Waals surface area contributed by atoms with Gasteiger partial charge < -0.3 is 5.11 Å². The zero-order chi connectivity index (χ0) is 23.9. The van der Waals surface area contributed by atoms with Gasteiger partial charge in [-0.1, -0.05) is 87.0 Å². The van der Waals surface area contributed by atoms with E-state index in [2.05, 4.69) is 20.8 Å². The van der Waals surface area contributed by atoms with Gasteiger partial charge in [-0.2, -0.15) is 0 Å². The van der Waals surface area contributed by atoms with Crippen molar-refractivity contribution in [2.45, 2.75) is 39.2 Å². The highest BCUT2D eigenvalue weighted by atomic mass is 35.5. The lowest BCUT2D eigenvalue weighted by Crippen LogP contribution is -2.30. The molecule has 1 unspecified atom stereocenters. The molecule has 1 N–H and O–H groups in total. The number of anilines is 1. The Morgan fingerprint density at radius 3 is 2.15 bits per heavy atom. The van der Waals surface area contributed by atoms with Crippen LogP contribution in [0.2, 0.25) is 5.02 Å². The van der Waals surface area contributed by atoms with Crippen molar-refractivity contribution in [1.82, 2.24) is 0 Å². The number of benzene rings is 3. The van der Waals surface area contributed by atoms with Crippen LogP contribution in [-0.2, 0) is 15.0 Å². The van der Waals surface area contributed by atoms with E-state index in [0.717, 1.165) is 16.7 Å². The van der Waals surface area contributed by atoms with E-state index in [4.69, 9.17) is 11.6 Å². The quantitative estimate of drug-likeness (QED) is 0.273. The van der Waals surface area contributed by atoms with Gasteiger partial charge in [-0.25, -0.2) is 0 Å². The third kappa shape index (κ3) is 4.19. The van der Waals surface area contributed by atoms with E-state index in [0.29, 0.717) is 16.3 Å². The van der Waals surface area contributed by atoms with E-state index in [1.54, 1.807) is 42.5 Å². The van der Waals surface area contributed by atoms with Crippen molar-refractivity contribution in [3.63, 3.8) is 0 Å². The van der Waals surface area contributed by atoms with E-state index in [1.165, 1.54) is 4.90 Å². The smallest absolute Gasteiger partial charge is 0.300 e. The Morgan fingerprint density at radius 1 is 0.939 bits per heavy atom. The van der Waals surface area contributed by atoms with Crippen molar-refractivity contribution in [3.8, 4) is 0 Å². The zero-order valence-electron chi connectivity index (χ0n) is 19.1. The van der Waals surface area contributed by atoms with Crippen LogP contribution in [0.4, 0.5) is 5.69 Å². The molecule has 4 nitrogen and oxygen atoms in total. The van der Waals surface area contributed by atoms with Crippen LogP contribution in [-0.4, -0.2) is 16.8 Å². The summed E-state index contributed by atoms with van der Waals surface area (Å²) in [6.07, 6.45) is 0. The monoisotopic (exact) mass is 459 g/mol. The summed E-state index contributed by atoms with van der Waals surface area (Å²) in [5, 5.41) is 11.7. The number of Topliss-reactive ketones (excluding diaryl/α,β-unsaturated/α-hetero) is 1. The number of halogens is 1. The predicted octanol–water partition coefficient (Wildman–Crippen LogP) is 6.57. The largest absolute Gasteiger partial charge is 0.507 e. The Hall–Kier alpha value is -3.37. The van der Waals surface area contributed by atoms with Crippen molar-refractivity contribution >= 4 is 34.7 Å². The lowest BCUT2D eigenvalue weighted by Gasteiger charge is -2.27. The second-order valence-electron chi connectivity index (χ2n) is 9.34. The molecular weight excluding hydrogens is 434 g/mol. The van der Waals surface area contributed by atoms with Gasteiger partial charge in [-0.05, 0) is 47.2 Å². The van der Waals surface area contributed by atoms with Gasteiger partial charge in [0.1, 0.15) is 5.76 Å². The Balaban J connectivity index is 1.95. The van der Waals surface area contributed by atoms with Crippen LogP contribution < -0.4 is 4.90 Å². The van der Waals surface area contributed by atoms with Gasteiger partial charge in [0, 0.05) is 16.3 Å². The van der Waals surface area contributed by atoms with Crippen LogP contribution in [0.5, 0.6) is 0 Å². The first kappa shape index (κ1) is 22.8. The number of rotatable bonds is 3. The molecule has 0 aromatic heterocycles. The molecule has 168 valence electrons. The summed E-state index contributed by atoms with van der Waals surface area (Å²) < 4.78 is 0. The molecule has 3 aromatic carbocycles. The fourth-order valence-corrected chi connectivity index (χ4v) is 4.43. The predicted molar refractivity (Wildman–Crippen MR) is 133 cm³/mol. The van der Waals surface area contributed by atoms with Crippen molar-refractivity contribution in [3.05, 3.63) is 106 Å². The van der Waals surface area contributed by atoms with Crippen LogP contribution in [0.25, 0.3) is 5.76 Å². The van der Waals surface area contributed by atoms with Gasteiger partial charge in [0.15, 0.2) is 0 Å². The Morgan fingerprint density at radius 2 is 1.58 bits per heavy atom. The highest BCUT2D eigenvalue weighted by Crippen LogP contribution is 2.43. The Labute approximate surface area is 199 Å². The number of carbonyl (C=O) groups excluding carboxylic acids is 2. The first-order chi connectivity index (χ1) is 15.6. The van der Waals surface area contributed by atoms with Gasteiger partial charge in [0.2, 0.25) is 0 Å². The third-order valence-corrected chi connectivity index (χ3v) is 6.24. The van der Waals surface area contributed by atoms with Gasteiger partial charge in [0.05, 0.1) is 11.6 Å². The number of hydrogen-bond donors (Lipinski definition) is 1. The number of hydrogen-bond acceptors (Lipinski definition) is 3. The van der Waals surface area contributed by atoms with Crippen molar-refractivity contribution in [2.75, 3.05) is 4.90 Å². The van der Waals surface area contributed by atoms with E-state index < -0.39 is 17.7 Å². The summed E-state index contributed by atoms with van der Waals surface area (Å²) in [5.74, 6) is -1.58. The van der Waals surface area contributed by atoms with Crippen LogP contribution in [0, 0.1) is 6.92 Å². The molecule has 4 rings (SSSR count). The van der Waals surface area contributed by atoms with E-state index >= 15 is 0 Å². The topological polar surface area (TPSA) is 57.6 Å². The maximum atomic E-state index is 13.3. The molecule has 0 radical (unpaired) electrons. The molecule has 1 amide bonds. The molecule has 0 spiro atoms. The van der Waals surface area contributed by atoms with Crippen LogP contribution in [0.15, 0.2) is 78.4 Å². The lowest BCUT2D eigenvalue weighted by molar-refractivity contribution is -0.132.